The molecule has 5 nitrogen and oxygen atoms in total. The highest BCUT2D eigenvalue weighted by atomic mass is 35.5. The Bertz CT molecular complexity index is 484. The van der Waals surface area contributed by atoms with E-state index in [0.29, 0.717) is 24.8 Å². The highest BCUT2D eigenvalue weighted by Gasteiger charge is 2.15. The Labute approximate surface area is 124 Å². The smallest absolute Gasteiger partial charge is 0.287 e. The molecular formula is C14H22ClN3O2. The molecule has 1 aromatic rings. The standard InChI is InChI=1S/C14H22ClN3O2/c1-20-8-7-18-14(19)13(15)12(10-17-18)16-9-11-5-3-2-4-6-11/h10-11,16H,2-9H2,1H3. The first-order valence-corrected chi connectivity index (χ1v) is 7.58. The Morgan fingerprint density at radius 2 is 2.20 bits per heavy atom. The first-order chi connectivity index (χ1) is 9.72. The molecule has 1 aliphatic rings. The van der Waals surface area contributed by atoms with Gasteiger partial charge in [0.1, 0.15) is 5.02 Å². The molecule has 1 fully saturated rings. The van der Waals surface area contributed by atoms with Crippen LogP contribution >= 0.6 is 11.6 Å². The van der Waals surface area contributed by atoms with E-state index in [-0.39, 0.29) is 10.6 Å². The normalized spacial score (nSPS) is 16.3. The monoisotopic (exact) mass is 299 g/mol. The van der Waals surface area contributed by atoms with Gasteiger partial charge in [-0.2, -0.15) is 5.10 Å². The van der Waals surface area contributed by atoms with Crippen molar-refractivity contribution in [3.8, 4) is 0 Å². The first-order valence-electron chi connectivity index (χ1n) is 7.21. The number of nitrogens with one attached hydrogen (secondary N) is 1. The molecule has 2 rings (SSSR count). The lowest BCUT2D eigenvalue weighted by Crippen LogP contribution is -2.27. The molecule has 112 valence electrons. The fraction of sp³-hybridized carbons (Fsp3) is 0.714. The van der Waals surface area contributed by atoms with E-state index >= 15 is 0 Å². The van der Waals surface area contributed by atoms with E-state index in [1.807, 2.05) is 0 Å². The molecule has 6 heteroatoms. The summed E-state index contributed by atoms with van der Waals surface area (Å²) in [6.07, 6.45) is 8.08. The molecule has 1 aromatic heterocycles. The van der Waals surface area contributed by atoms with Gasteiger partial charge in [0.05, 0.1) is 25.0 Å². The molecule has 0 amide bonds. The zero-order chi connectivity index (χ0) is 14.4. The number of halogens is 1. The number of ether oxygens (including phenoxy) is 1. The van der Waals surface area contributed by atoms with Gasteiger partial charge in [-0.3, -0.25) is 4.79 Å². The van der Waals surface area contributed by atoms with Gasteiger partial charge in [0.2, 0.25) is 0 Å². The van der Waals surface area contributed by atoms with Gasteiger partial charge in [0.15, 0.2) is 0 Å². The molecule has 0 aromatic carbocycles. The molecule has 1 heterocycles. The minimum Gasteiger partial charge on any atom is -0.383 e. The maximum atomic E-state index is 12.0. The van der Waals surface area contributed by atoms with E-state index in [2.05, 4.69) is 10.4 Å². The molecule has 0 aliphatic heterocycles. The number of hydrogen-bond donors (Lipinski definition) is 1. The molecule has 0 bridgehead atoms. The van der Waals surface area contributed by atoms with Crippen LogP contribution < -0.4 is 10.9 Å². The Kier molecular flexibility index (Phi) is 5.86. The van der Waals surface area contributed by atoms with Gasteiger partial charge in [-0.1, -0.05) is 30.9 Å². The summed E-state index contributed by atoms with van der Waals surface area (Å²) >= 11 is 6.12. The third-order valence-electron chi connectivity index (χ3n) is 3.80. The second-order valence-corrected chi connectivity index (χ2v) is 5.66. The van der Waals surface area contributed by atoms with Crippen molar-refractivity contribution >= 4 is 17.3 Å². The quantitative estimate of drug-likeness (QED) is 0.877. The van der Waals surface area contributed by atoms with Crippen LogP contribution in [0.2, 0.25) is 5.02 Å². The van der Waals surface area contributed by atoms with Crippen LogP contribution in [-0.4, -0.2) is 30.0 Å². The van der Waals surface area contributed by atoms with Crippen molar-refractivity contribution in [1.82, 2.24) is 9.78 Å². The average molecular weight is 300 g/mol. The van der Waals surface area contributed by atoms with Gasteiger partial charge < -0.3 is 10.1 Å². The lowest BCUT2D eigenvalue weighted by Gasteiger charge is -2.22. The molecule has 1 aliphatic carbocycles. The summed E-state index contributed by atoms with van der Waals surface area (Å²) < 4.78 is 6.27. The molecule has 0 radical (unpaired) electrons. The molecular weight excluding hydrogens is 278 g/mol. The summed E-state index contributed by atoms with van der Waals surface area (Å²) in [7, 11) is 1.59. The average Bonchev–Trinajstić information content (AvgIpc) is 2.49. The second kappa shape index (κ2) is 7.64. The van der Waals surface area contributed by atoms with Crippen molar-refractivity contribution < 1.29 is 4.74 Å². The van der Waals surface area contributed by atoms with Crippen LogP contribution in [0.15, 0.2) is 11.0 Å². The molecule has 20 heavy (non-hydrogen) atoms. The van der Waals surface area contributed by atoms with Gasteiger partial charge in [-0.05, 0) is 18.8 Å². The lowest BCUT2D eigenvalue weighted by molar-refractivity contribution is 0.182. The predicted molar refractivity (Wildman–Crippen MR) is 80.4 cm³/mol. The van der Waals surface area contributed by atoms with Crippen LogP contribution in [0.3, 0.4) is 0 Å². The first kappa shape index (κ1) is 15.3. The molecule has 0 spiro atoms. The van der Waals surface area contributed by atoms with Crippen molar-refractivity contribution in [3.05, 3.63) is 21.6 Å². The predicted octanol–water partition coefficient (Wildman–Crippen LogP) is 2.54. The highest BCUT2D eigenvalue weighted by molar-refractivity contribution is 6.32. The summed E-state index contributed by atoms with van der Waals surface area (Å²) in [5.41, 5.74) is 0.369. The van der Waals surface area contributed by atoms with Gasteiger partial charge in [-0.15, -0.1) is 0 Å². The van der Waals surface area contributed by atoms with Gasteiger partial charge in [0.25, 0.3) is 5.56 Å². The van der Waals surface area contributed by atoms with E-state index in [4.69, 9.17) is 16.3 Å². The topological polar surface area (TPSA) is 56.1 Å². The summed E-state index contributed by atoms with van der Waals surface area (Å²) in [5.74, 6) is 0.677. The molecule has 1 N–H and O–H groups in total. The van der Waals surface area contributed by atoms with E-state index in [1.54, 1.807) is 13.3 Å². The van der Waals surface area contributed by atoms with Crippen LogP contribution in [0.4, 0.5) is 5.69 Å². The Morgan fingerprint density at radius 1 is 1.45 bits per heavy atom. The van der Waals surface area contributed by atoms with Crippen LogP contribution in [0.5, 0.6) is 0 Å². The largest absolute Gasteiger partial charge is 0.383 e. The number of aromatic nitrogens is 2. The second-order valence-electron chi connectivity index (χ2n) is 5.28. The van der Waals surface area contributed by atoms with Crippen molar-refractivity contribution in [2.45, 2.75) is 38.6 Å². The third-order valence-corrected chi connectivity index (χ3v) is 4.16. The number of methoxy groups -OCH3 is 1. The summed E-state index contributed by atoms with van der Waals surface area (Å²) in [6, 6.07) is 0. The van der Waals surface area contributed by atoms with E-state index < -0.39 is 0 Å². The number of rotatable bonds is 6. The van der Waals surface area contributed by atoms with E-state index in [9.17, 15) is 4.79 Å². The van der Waals surface area contributed by atoms with Crippen molar-refractivity contribution in [3.63, 3.8) is 0 Å². The highest BCUT2D eigenvalue weighted by Crippen LogP contribution is 2.24. The molecule has 1 saturated carbocycles. The van der Waals surface area contributed by atoms with Crippen LogP contribution in [0.1, 0.15) is 32.1 Å². The zero-order valence-corrected chi connectivity index (χ0v) is 12.7. The van der Waals surface area contributed by atoms with Gasteiger partial charge in [-0.25, -0.2) is 4.68 Å². The molecule has 0 saturated heterocycles. The minimum atomic E-state index is -0.266. The minimum absolute atomic E-state index is 0.215. The van der Waals surface area contributed by atoms with Gasteiger partial charge >= 0.3 is 0 Å². The van der Waals surface area contributed by atoms with Crippen molar-refractivity contribution in [1.29, 1.82) is 0 Å². The maximum absolute atomic E-state index is 12.0. The summed E-state index contributed by atoms with van der Waals surface area (Å²) in [5, 5.41) is 7.60. The number of nitrogens with zero attached hydrogens (tertiary/aromatic N) is 2. The SMILES string of the molecule is COCCn1ncc(NCC2CCCCC2)c(Cl)c1=O. The number of anilines is 1. The Morgan fingerprint density at radius 3 is 2.90 bits per heavy atom. The van der Waals surface area contributed by atoms with Crippen LogP contribution in [0.25, 0.3) is 0 Å². The number of hydrogen-bond acceptors (Lipinski definition) is 4. The zero-order valence-electron chi connectivity index (χ0n) is 11.9. The Balaban J connectivity index is 1.97. The van der Waals surface area contributed by atoms with Gasteiger partial charge in [0, 0.05) is 13.7 Å². The van der Waals surface area contributed by atoms with E-state index in [1.165, 1.54) is 36.8 Å². The van der Waals surface area contributed by atoms with Crippen LogP contribution in [-0.2, 0) is 11.3 Å². The molecule has 0 atom stereocenters. The maximum Gasteiger partial charge on any atom is 0.287 e. The van der Waals surface area contributed by atoms with Crippen molar-refractivity contribution in [2.75, 3.05) is 25.6 Å². The lowest BCUT2D eigenvalue weighted by atomic mass is 9.89. The fourth-order valence-electron chi connectivity index (χ4n) is 2.57. The summed E-state index contributed by atoms with van der Waals surface area (Å²) in [4.78, 5) is 12.0. The van der Waals surface area contributed by atoms with E-state index in [0.717, 1.165) is 6.54 Å². The Hall–Kier alpha value is -1.07. The van der Waals surface area contributed by atoms with Crippen LogP contribution in [0, 0.1) is 5.92 Å². The molecule has 0 unspecified atom stereocenters. The fourth-order valence-corrected chi connectivity index (χ4v) is 2.78. The van der Waals surface area contributed by atoms with Crippen molar-refractivity contribution in [2.24, 2.45) is 5.92 Å². The third kappa shape index (κ3) is 3.96. The summed E-state index contributed by atoms with van der Waals surface area (Å²) in [6.45, 7) is 1.72.